The van der Waals surface area contributed by atoms with Crippen LogP contribution in [0.5, 0.6) is 0 Å². The van der Waals surface area contributed by atoms with Crippen LogP contribution in [-0.4, -0.2) is 34.9 Å². The maximum absolute atomic E-state index is 5.65. The third-order valence-electron chi connectivity index (χ3n) is 1.85. The van der Waals surface area contributed by atoms with Crippen molar-refractivity contribution >= 4 is 29.0 Å². The molecule has 3 heterocycles. The number of aromatic nitrogens is 7. The van der Waals surface area contributed by atoms with E-state index in [9.17, 15) is 0 Å². The third-order valence-corrected chi connectivity index (χ3v) is 3.49. The van der Waals surface area contributed by atoms with E-state index in [0.717, 1.165) is 4.34 Å². The second-order valence-corrected chi connectivity index (χ2v) is 5.08. The lowest BCUT2D eigenvalue weighted by molar-refractivity contribution is 0.764. The normalized spacial score (nSPS) is 10.7. The lowest BCUT2D eigenvalue weighted by Crippen LogP contribution is -2.07. The van der Waals surface area contributed by atoms with Gasteiger partial charge in [0.2, 0.25) is 11.1 Å². The number of rotatable bonds is 3. The zero-order valence-electron chi connectivity index (χ0n) is 8.83. The fourth-order valence-electron chi connectivity index (χ4n) is 1.18. The highest BCUT2D eigenvalue weighted by Crippen LogP contribution is 2.25. The second-order valence-electron chi connectivity index (χ2n) is 3.03. The molecule has 8 nitrogen and oxygen atoms in total. The molecule has 90 valence electrons. The number of nitrogen functional groups attached to an aromatic ring is 1. The number of nitrogens with zero attached hydrogens (tertiary/aromatic N) is 7. The summed E-state index contributed by atoms with van der Waals surface area (Å²) >= 11 is 2.69. The Morgan fingerprint density at radius 3 is 2.94 bits per heavy atom. The fraction of sp³-hybridized carbons (Fsp3) is 0. The van der Waals surface area contributed by atoms with E-state index < -0.39 is 0 Å². The van der Waals surface area contributed by atoms with Gasteiger partial charge in [0.1, 0.15) is 5.51 Å². The Labute approximate surface area is 109 Å². The first-order valence-electron chi connectivity index (χ1n) is 4.77. The van der Waals surface area contributed by atoms with E-state index in [2.05, 4.69) is 30.2 Å². The molecule has 3 aromatic heterocycles. The molecule has 0 spiro atoms. The van der Waals surface area contributed by atoms with Gasteiger partial charge in [0.05, 0.1) is 0 Å². The molecule has 0 aromatic carbocycles. The Hall–Kier alpha value is -2.07. The van der Waals surface area contributed by atoms with Gasteiger partial charge < -0.3 is 5.73 Å². The van der Waals surface area contributed by atoms with Crippen molar-refractivity contribution in [2.24, 2.45) is 0 Å². The molecule has 0 aliphatic rings. The van der Waals surface area contributed by atoms with Gasteiger partial charge in [-0.3, -0.25) is 0 Å². The summed E-state index contributed by atoms with van der Waals surface area (Å²) in [7, 11) is 0. The number of nitrogens with two attached hydrogens (primary N) is 1. The van der Waals surface area contributed by atoms with Gasteiger partial charge in [-0.1, -0.05) is 11.3 Å². The van der Waals surface area contributed by atoms with E-state index in [0.29, 0.717) is 11.1 Å². The predicted octanol–water partition coefficient (Wildman–Crippen LogP) is 0.642. The van der Waals surface area contributed by atoms with E-state index in [1.807, 2.05) is 0 Å². The minimum atomic E-state index is 0.141. The average molecular weight is 278 g/mol. The summed E-state index contributed by atoms with van der Waals surface area (Å²) in [6, 6.07) is 1.78. The lowest BCUT2D eigenvalue weighted by Gasteiger charge is -2.02. The van der Waals surface area contributed by atoms with Crippen molar-refractivity contribution in [1.29, 1.82) is 0 Å². The van der Waals surface area contributed by atoms with Crippen molar-refractivity contribution < 1.29 is 0 Å². The molecular formula is C8H6N8S2. The summed E-state index contributed by atoms with van der Waals surface area (Å²) in [6.07, 6.45) is 3.37. The van der Waals surface area contributed by atoms with Gasteiger partial charge in [0.15, 0.2) is 4.34 Å². The van der Waals surface area contributed by atoms with Crippen LogP contribution in [0.3, 0.4) is 0 Å². The van der Waals surface area contributed by atoms with Crippen LogP contribution in [0.25, 0.3) is 5.95 Å². The highest BCUT2D eigenvalue weighted by Gasteiger charge is 2.09. The zero-order valence-corrected chi connectivity index (χ0v) is 10.5. The Balaban J connectivity index is 1.96. The average Bonchev–Trinajstić information content (AvgIpc) is 3.00. The molecule has 0 unspecified atom stereocenters. The van der Waals surface area contributed by atoms with Crippen molar-refractivity contribution in [3.63, 3.8) is 0 Å². The number of hydrogen-bond donors (Lipinski definition) is 1. The predicted molar refractivity (Wildman–Crippen MR) is 65.4 cm³/mol. The van der Waals surface area contributed by atoms with Crippen LogP contribution in [0.2, 0.25) is 0 Å². The summed E-state index contributed by atoms with van der Waals surface area (Å²) in [5.41, 5.74) is 7.29. The van der Waals surface area contributed by atoms with Crippen molar-refractivity contribution in [3.05, 3.63) is 24.0 Å². The lowest BCUT2D eigenvalue weighted by atomic mass is 10.7. The summed E-state index contributed by atoms with van der Waals surface area (Å²) in [6.45, 7) is 0. The van der Waals surface area contributed by atoms with E-state index >= 15 is 0 Å². The Kier molecular flexibility index (Phi) is 2.86. The molecule has 0 atom stereocenters. The molecule has 0 radical (unpaired) electrons. The molecule has 0 bridgehead atoms. The molecule has 0 fully saturated rings. The quantitative estimate of drug-likeness (QED) is 0.743. The summed E-state index contributed by atoms with van der Waals surface area (Å²) in [5, 5.41) is 12.1. The van der Waals surface area contributed by atoms with Crippen LogP contribution in [0.15, 0.2) is 33.5 Å². The molecule has 18 heavy (non-hydrogen) atoms. The molecule has 0 aliphatic carbocycles. The molecule has 0 saturated heterocycles. The van der Waals surface area contributed by atoms with Gasteiger partial charge in [-0.2, -0.15) is 20.1 Å². The molecule has 10 heteroatoms. The van der Waals surface area contributed by atoms with Gasteiger partial charge in [0, 0.05) is 12.4 Å². The van der Waals surface area contributed by atoms with Gasteiger partial charge in [-0.05, 0) is 17.8 Å². The van der Waals surface area contributed by atoms with Gasteiger partial charge >= 0.3 is 0 Å². The van der Waals surface area contributed by atoms with E-state index in [1.165, 1.54) is 27.8 Å². The first kappa shape index (κ1) is 11.0. The molecular weight excluding hydrogens is 272 g/mol. The van der Waals surface area contributed by atoms with E-state index in [4.69, 9.17) is 5.73 Å². The standard InChI is InChI=1S/C8H6N8S2/c9-5-12-6(16-3-1-2-11-16)14-7(13-5)18-8-15-10-4-17-8/h1-4H,(H2,9,12,13,14). The molecule has 0 aliphatic heterocycles. The Morgan fingerprint density at radius 1 is 1.28 bits per heavy atom. The van der Waals surface area contributed by atoms with Crippen LogP contribution in [0, 0.1) is 0 Å². The minimum Gasteiger partial charge on any atom is -0.368 e. The maximum atomic E-state index is 5.65. The molecule has 3 rings (SSSR count). The summed E-state index contributed by atoms with van der Waals surface area (Å²) in [5.74, 6) is 0.516. The molecule has 2 N–H and O–H groups in total. The van der Waals surface area contributed by atoms with Crippen molar-refractivity contribution in [2.75, 3.05) is 5.73 Å². The van der Waals surface area contributed by atoms with Crippen LogP contribution < -0.4 is 5.73 Å². The Morgan fingerprint density at radius 2 is 2.22 bits per heavy atom. The molecule has 0 saturated carbocycles. The zero-order chi connectivity index (χ0) is 12.4. The smallest absolute Gasteiger partial charge is 0.256 e. The highest BCUT2D eigenvalue weighted by atomic mass is 32.2. The van der Waals surface area contributed by atoms with Crippen LogP contribution >= 0.6 is 23.1 Å². The Bertz CT molecular complexity index is 635. The van der Waals surface area contributed by atoms with Gasteiger partial charge in [-0.15, -0.1) is 10.2 Å². The maximum Gasteiger partial charge on any atom is 0.256 e. The van der Waals surface area contributed by atoms with Crippen molar-refractivity contribution in [1.82, 2.24) is 34.9 Å². The van der Waals surface area contributed by atoms with E-state index in [-0.39, 0.29) is 5.95 Å². The van der Waals surface area contributed by atoms with Crippen LogP contribution in [0.4, 0.5) is 5.95 Å². The SMILES string of the molecule is Nc1nc(Sc2nncs2)nc(-n2cccn2)n1. The van der Waals surface area contributed by atoms with E-state index in [1.54, 1.807) is 24.0 Å². The minimum absolute atomic E-state index is 0.141. The molecule has 3 aromatic rings. The van der Waals surface area contributed by atoms with Gasteiger partial charge in [0.25, 0.3) is 5.95 Å². The summed E-state index contributed by atoms with van der Waals surface area (Å²) < 4.78 is 2.26. The highest BCUT2D eigenvalue weighted by molar-refractivity contribution is 8.00. The largest absolute Gasteiger partial charge is 0.368 e. The third kappa shape index (κ3) is 2.28. The number of anilines is 1. The summed E-state index contributed by atoms with van der Waals surface area (Å²) in [4.78, 5) is 12.3. The first-order chi connectivity index (χ1) is 8.81. The fourth-order valence-corrected chi connectivity index (χ4v) is 2.52. The number of hydrogen-bond acceptors (Lipinski definition) is 9. The van der Waals surface area contributed by atoms with Crippen molar-refractivity contribution in [3.8, 4) is 5.95 Å². The van der Waals surface area contributed by atoms with Crippen LogP contribution in [-0.2, 0) is 0 Å². The van der Waals surface area contributed by atoms with Crippen LogP contribution in [0.1, 0.15) is 0 Å². The first-order valence-corrected chi connectivity index (χ1v) is 6.46. The monoisotopic (exact) mass is 278 g/mol. The topological polar surface area (TPSA) is 108 Å². The van der Waals surface area contributed by atoms with Gasteiger partial charge in [-0.25, -0.2) is 4.68 Å². The molecule has 0 amide bonds. The van der Waals surface area contributed by atoms with Crippen molar-refractivity contribution in [2.45, 2.75) is 9.50 Å². The second kappa shape index (κ2) is 4.66.